The highest BCUT2D eigenvalue weighted by atomic mass is 32.2. The number of sulfone groups is 1. The van der Waals surface area contributed by atoms with Crippen molar-refractivity contribution >= 4 is 15.7 Å². The Morgan fingerprint density at radius 1 is 1.10 bits per heavy atom. The van der Waals surface area contributed by atoms with Crippen LogP contribution in [0.2, 0.25) is 0 Å². The Hall–Kier alpha value is -2.21. The Morgan fingerprint density at radius 3 is 2.19 bits per heavy atom. The van der Waals surface area contributed by atoms with E-state index in [-0.39, 0.29) is 16.8 Å². The van der Waals surface area contributed by atoms with Crippen LogP contribution < -0.4 is 5.32 Å². The van der Waals surface area contributed by atoms with Crippen LogP contribution in [0.3, 0.4) is 0 Å². The van der Waals surface area contributed by atoms with Gasteiger partial charge in [-0.3, -0.25) is 9.78 Å². The lowest BCUT2D eigenvalue weighted by Crippen LogP contribution is -2.26. The van der Waals surface area contributed by atoms with E-state index in [1.165, 1.54) is 24.3 Å². The predicted molar refractivity (Wildman–Crippen MR) is 79.7 cm³/mol. The van der Waals surface area contributed by atoms with E-state index in [9.17, 15) is 13.2 Å². The van der Waals surface area contributed by atoms with Crippen molar-refractivity contribution in [2.75, 3.05) is 6.26 Å². The van der Waals surface area contributed by atoms with Crippen molar-refractivity contribution in [2.24, 2.45) is 0 Å². The monoisotopic (exact) mass is 304 g/mol. The molecule has 0 aliphatic rings. The van der Waals surface area contributed by atoms with E-state index in [1.807, 2.05) is 19.1 Å². The van der Waals surface area contributed by atoms with E-state index in [0.29, 0.717) is 5.56 Å². The molecule has 0 spiro atoms. The van der Waals surface area contributed by atoms with Crippen molar-refractivity contribution < 1.29 is 13.2 Å². The minimum absolute atomic E-state index is 0.157. The number of carbonyl (C=O) groups excluding carboxylic acids is 1. The number of carbonyl (C=O) groups is 1. The second-order valence-electron chi connectivity index (χ2n) is 4.77. The number of hydrogen-bond acceptors (Lipinski definition) is 4. The molecule has 1 heterocycles. The molecule has 6 heteroatoms. The number of pyridine rings is 1. The number of rotatable bonds is 4. The maximum absolute atomic E-state index is 12.1. The molecule has 0 radical (unpaired) electrons. The minimum Gasteiger partial charge on any atom is -0.346 e. The van der Waals surface area contributed by atoms with Gasteiger partial charge in [0.2, 0.25) is 0 Å². The van der Waals surface area contributed by atoms with Crippen molar-refractivity contribution in [2.45, 2.75) is 17.9 Å². The zero-order valence-electron chi connectivity index (χ0n) is 11.8. The first kappa shape index (κ1) is 15.2. The van der Waals surface area contributed by atoms with E-state index >= 15 is 0 Å². The van der Waals surface area contributed by atoms with Gasteiger partial charge in [0.25, 0.3) is 5.91 Å². The number of nitrogens with zero attached hydrogens (tertiary/aromatic N) is 1. The molecule has 5 nitrogen and oxygen atoms in total. The van der Waals surface area contributed by atoms with Crippen LogP contribution in [-0.2, 0) is 9.84 Å². The van der Waals surface area contributed by atoms with Crippen LogP contribution in [0.5, 0.6) is 0 Å². The highest BCUT2D eigenvalue weighted by Crippen LogP contribution is 2.13. The summed E-state index contributed by atoms with van der Waals surface area (Å²) in [5.41, 5.74) is 1.37. The molecule has 1 unspecified atom stereocenters. The van der Waals surface area contributed by atoms with Crippen molar-refractivity contribution in [1.82, 2.24) is 10.3 Å². The van der Waals surface area contributed by atoms with Gasteiger partial charge in [0.05, 0.1) is 10.9 Å². The molecule has 0 aliphatic carbocycles. The van der Waals surface area contributed by atoms with Crippen molar-refractivity contribution in [1.29, 1.82) is 0 Å². The Balaban J connectivity index is 2.11. The average Bonchev–Trinajstić information content (AvgIpc) is 2.47. The summed E-state index contributed by atoms with van der Waals surface area (Å²) in [6.07, 6.45) is 4.46. The third-order valence-corrected chi connectivity index (χ3v) is 4.23. The molecule has 21 heavy (non-hydrogen) atoms. The van der Waals surface area contributed by atoms with Crippen LogP contribution in [0.1, 0.15) is 28.9 Å². The topological polar surface area (TPSA) is 76.1 Å². The third-order valence-electron chi connectivity index (χ3n) is 3.10. The smallest absolute Gasteiger partial charge is 0.251 e. The van der Waals surface area contributed by atoms with E-state index in [2.05, 4.69) is 10.3 Å². The zero-order chi connectivity index (χ0) is 15.5. The molecule has 1 amide bonds. The van der Waals surface area contributed by atoms with E-state index < -0.39 is 9.84 Å². The second-order valence-corrected chi connectivity index (χ2v) is 6.79. The molecule has 1 atom stereocenters. The van der Waals surface area contributed by atoms with Crippen LogP contribution in [0.15, 0.2) is 53.7 Å². The van der Waals surface area contributed by atoms with Gasteiger partial charge in [-0.15, -0.1) is 0 Å². The highest BCUT2D eigenvalue weighted by molar-refractivity contribution is 7.90. The summed E-state index contributed by atoms with van der Waals surface area (Å²) in [6.45, 7) is 1.87. The Morgan fingerprint density at radius 2 is 1.67 bits per heavy atom. The molecule has 0 fully saturated rings. The number of amides is 1. The standard InChI is InChI=1S/C15H16N2O3S/c1-11(12-7-9-16-10-8-12)17-15(18)13-3-5-14(6-4-13)21(2,19)20/h3-11H,1-2H3,(H,17,18). The molecule has 1 N–H and O–H groups in total. The number of hydrogen-bond donors (Lipinski definition) is 1. The highest BCUT2D eigenvalue weighted by Gasteiger charge is 2.13. The number of aromatic nitrogens is 1. The maximum Gasteiger partial charge on any atom is 0.251 e. The molecule has 0 aliphatic heterocycles. The van der Waals surface area contributed by atoms with Gasteiger partial charge >= 0.3 is 0 Å². The molecule has 2 aromatic rings. The molecule has 0 saturated heterocycles. The molecular weight excluding hydrogens is 288 g/mol. The second kappa shape index (κ2) is 6.05. The summed E-state index contributed by atoms with van der Waals surface area (Å²) in [5, 5.41) is 2.85. The van der Waals surface area contributed by atoms with Crippen LogP contribution >= 0.6 is 0 Å². The van der Waals surface area contributed by atoms with Gasteiger partial charge in [-0.05, 0) is 48.9 Å². The van der Waals surface area contributed by atoms with Gasteiger partial charge < -0.3 is 5.32 Å². The van der Waals surface area contributed by atoms with Crippen LogP contribution in [0.25, 0.3) is 0 Å². The lowest BCUT2D eigenvalue weighted by atomic mass is 10.1. The first-order valence-corrected chi connectivity index (χ1v) is 8.28. The molecular formula is C15H16N2O3S. The molecule has 0 saturated carbocycles. The molecule has 110 valence electrons. The normalized spacial score (nSPS) is 12.7. The molecule has 2 rings (SSSR count). The summed E-state index contributed by atoms with van der Waals surface area (Å²) in [4.78, 5) is 16.2. The number of nitrogens with one attached hydrogen (secondary N) is 1. The van der Waals surface area contributed by atoms with Gasteiger partial charge in [-0.1, -0.05) is 0 Å². The van der Waals surface area contributed by atoms with E-state index in [0.717, 1.165) is 11.8 Å². The van der Waals surface area contributed by atoms with Gasteiger partial charge in [-0.25, -0.2) is 8.42 Å². The lowest BCUT2D eigenvalue weighted by Gasteiger charge is -2.14. The van der Waals surface area contributed by atoms with Crippen molar-refractivity contribution in [3.63, 3.8) is 0 Å². The fourth-order valence-corrected chi connectivity index (χ4v) is 2.50. The molecule has 0 bridgehead atoms. The fourth-order valence-electron chi connectivity index (χ4n) is 1.87. The molecule has 1 aromatic carbocycles. The van der Waals surface area contributed by atoms with Gasteiger partial charge in [0, 0.05) is 24.2 Å². The van der Waals surface area contributed by atoms with Crippen LogP contribution in [-0.4, -0.2) is 25.6 Å². The SMILES string of the molecule is CC(NC(=O)c1ccc(S(C)(=O)=O)cc1)c1ccncc1. The first-order valence-electron chi connectivity index (χ1n) is 6.39. The summed E-state index contributed by atoms with van der Waals surface area (Å²) in [6, 6.07) is 9.38. The third kappa shape index (κ3) is 3.88. The van der Waals surface area contributed by atoms with Crippen molar-refractivity contribution in [3.8, 4) is 0 Å². The van der Waals surface area contributed by atoms with E-state index in [4.69, 9.17) is 0 Å². The zero-order valence-corrected chi connectivity index (χ0v) is 12.6. The Labute approximate surface area is 124 Å². The van der Waals surface area contributed by atoms with Gasteiger partial charge in [0.15, 0.2) is 9.84 Å². The fraction of sp³-hybridized carbons (Fsp3) is 0.200. The largest absolute Gasteiger partial charge is 0.346 e. The number of benzene rings is 1. The summed E-state index contributed by atoms with van der Waals surface area (Å²) >= 11 is 0. The minimum atomic E-state index is -3.25. The Bertz CT molecular complexity index is 725. The quantitative estimate of drug-likeness (QED) is 0.937. The van der Waals surface area contributed by atoms with Crippen molar-refractivity contribution in [3.05, 3.63) is 59.9 Å². The predicted octanol–water partition coefficient (Wildman–Crippen LogP) is 1.98. The Kier molecular flexibility index (Phi) is 4.37. The molecule has 1 aromatic heterocycles. The summed E-state index contributed by atoms with van der Waals surface area (Å²) in [5.74, 6) is -0.251. The summed E-state index contributed by atoms with van der Waals surface area (Å²) in [7, 11) is -3.25. The lowest BCUT2D eigenvalue weighted by molar-refractivity contribution is 0.0940. The summed E-state index contributed by atoms with van der Waals surface area (Å²) < 4.78 is 22.7. The maximum atomic E-state index is 12.1. The average molecular weight is 304 g/mol. The van der Waals surface area contributed by atoms with Crippen LogP contribution in [0.4, 0.5) is 0 Å². The van der Waals surface area contributed by atoms with Crippen LogP contribution in [0, 0.1) is 0 Å². The first-order chi connectivity index (χ1) is 9.88. The van der Waals surface area contributed by atoms with E-state index in [1.54, 1.807) is 12.4 Å². The van der Waals surface area contributed by atoms with Gasteiger partial charge in [-0.2, -0.15) is 0 Å². The van der Waals surface area contributed by atoms with Gasteiger partial charge in [0.1, 0.15) is 0 Å².